The summed E-state index contributed by atoms with van der Waals surface area (Å²) in [6.07, 6.45) is 1.71. The van der Waals surface area contributed by atoms with Crippen LogP contribution in [0.5, 0.6) is 0 Å². The SMILES string of the molecule is C=C(C(CNC(C)C)c1ccc(Cl)cc1)N1CCN(c2ncnc3c2[C@@H](C)OC3)CC1. The van der Waals surface area contributed by atoms with Crippen molar-refractivity contribution in [2.45, 2.75) is 45.4 Å². The Morgan fingerprint density at radius 3 is 2.58 bits per heavy atom. The molecule has 0 aliphatic carbocycles. The van der Waals surface area contributed by atoms with E-state index >= 15 is 0 Å². The highest BCUT2D eigenvalue weighted by Gasteiger charge is 2.30. The second-order valence-electron chi connectivity index (χ2n) is 8.64. The Kier molecular flexibility index (Phi) is 6.80. The molecule has 1 saturated heterocycles. The summed E-state index contributed by atoms with van der Waals surface area (Å²) in [6, 6.07) is 8.57. The number of nitrogens with zero attached hydrogens (tertiary/aromatic N) is 4. The van der Waals surface area contributed by atoms with Gasteiger partial charge in [-0.1, -0.05) is 44.2 Å². The fourth-order valence-electron chi connectivity index (χ4n) is 4.39. The molecule has 31 heavy (non-hydrogen) atoms. The summed E-state index contributed by atoms with van der Waals surface area (Å²) in [5.41, 5.74) is 4.56. The Morgan fingerprint density at radius 1 is 1.19 bits per heavy atom. The van der Waals surface area contributed by atoms with Crippen LogP contribution in [0.2, 0.25) is 5.02 Å². The predicted octanol–water partition coefficient (Wildman–Crippen LogP) is 4.14. The van der Waals surface area contributed by atoms with E-state index in [1.165, 1.54) is 5.56 Å². The summed E-state index contributed by atoms with van der Waals surface area (Å²) < 4.78 is 5.78. The second-order valence-corrected chi connectivity index (χ2v) is 9.08. The highest BCUT2D eigenvalue weighted by Crippen LogP contribution is 2.36. The Bertz CT molecular complexity index is 909. The van der Waals surface area contributed by atoms with Crippen molar-refractivity contribution in [3.63, 3.8) is 0 Å². The zero-order chi connectivity index (χ0) is 22.0. The molecular weight excluding hydrogens is 410 g/mol. The van der Waals surface area contributed by atoms with Gasteiger partial charge in [0.2, 0.25) is 0 Å². The van der Waals surface area contributed by atoms with Crippen LogP contribution in [-0.4, -0.2) is 53.6 Å². The van der Waals surface area contributed by atoms with Crippen molar-refractivity contribution in [2.24, 2.45) is 0 Å². The maximum absolute atomic E-state index is 6.12. The molecule has 2 aliphatic rings. The van der Waals surface area contributed by atoms with Crippen molar-refractivity contribution in [3.8, 4) is 0 Å². The minimum absolute atomic E-state index is 0.0515. The predicted molar refractivity (Wildman–Crippen MR) is 125 cm³/mol. The van der Waals surface area contributed by atoms with Gasteiger partial charge >= 0.3 is 0 Å². The van der Waals surface area contributed by atoms with Gasteiger partial charge in [-0.3, -0.25) is 0 Å². The molecule has 0 saturated carbocycles. The van der Waals surface area contributed by atoms with Crippen LogP contribution in [0.3, 0.4) is 0 Å². The summed E-state index contributed by atoms with van der Waals surface area (Å²) >= 11 is 6.12. The molecule has 1 unspecified atom stereocenters. The number of fused-ring (bicyclic) bond motifs is 1. The molecule has 0 amide bonds. The summed E-state index contributed by atoms with van der Waals surface area (Å²) in [7, 11) is 0. The number of piperazine rings is 1. The smallest absolute Gasteiger partial charge is 0.138 e. The molecule has 1 aromatic carbocycles. The van der Waals surface area contributed by atoms with Crippen LogP contribution in [0.25, 0.3) is 0 Å². The number of ether oxygens (including phenoxy) is 1. The Hall–Kier alpha value is -2.15. The molecule has 166 valence electrons. The molecule has 3 heterocycles. The standard InChI is InChI=1S/C24H32ClN5O/c1-16(2)26-13-21(19-5-7-20(25)8-6-19)17(3)29-9-11-30(12-10-29)24-23-18(4)31-14-22(23)27-15-28-24/h5-8,15-16,18,21,26H,3,9-14H2,1-2,4H3/t18-,21?/m1/s1. The van der Waals surface area contributed by atoms with Gasteiger partial charge in [-0.15, -0.1) is 0 Å². The molecular formula is C24H32ClN5O. The van der Waals surface area contributed by atoms with E-state index in [4.69, 9.17) is 16.3 Å². The normalized spacial score (nSPS) is 19.6. The van der Waals surface area contributed by atoms with E-state index in [0.717, 1.165) is 60.5 Å². The molecule has 1 N–H and O–H groups in total. The minimum atomic E-state index is 0.0515. The van der Waals surface area contributed by atoms with Crippen LogP contribution >= 0.6 is 11.6 Å². The molecule has 4 rings (SSSR count). The topological polar surface area (TPSA) is 53.5 Å². The zero-order valence-corrected chi connectivity index (χ0v) is 19.4. The van der Waals surface area contributed by atoms with Crippen molar-refractivity contribution >= 4 is 17.4 Å². The third kappa shape index (κ3) is 4.86. The Labute approximate surface area is 190 Å². The largest absolute Gasteiger partial charge is 0.371 e. The number of aromatic nitrogens is 2. The lowest BCUT2D eigenvalue weighted by Crippen LogP contribution is -2.47. The van der Waals surface area contributed by atoms with Crippen molar-refractivity contribution in [1.29, 1.82) is 0 Å². The summed E-state index contributed by atoms with van der Waals surface area (Å²) in [5, 5.41) is 4.34. The number of halogens is 1. The maximum Gasteiger partial charge on any atom is 0.138 e. The number of nitrogens with one attached hydrogen (secondary N) is 1. The van der Waals surface area contributed by atoms with Gasteiger partial charge in [-0.05, 0) is 24.6 Å². The van der Waals surface area contributed by atoms with Gasteiger partial charge in [0, 0.05) is 61.0 Å². The molecule has 2 aliphatic heterocycles. The van der Waals surface area contributed by atoms with Crippen LogP contribution in [-0.2, 0) is 11.3 Å². The van der Waals surface area contributed by atoms with Gasteiger partial charge in [0.15, 0.2) is 0 Å². The van der Waals surface area contributed by atoms with Crippen molar-refractivity contribution < 1.29 is 4.74 Å². The lowest BCUT2D eigenvalue weighted by atomic mass is 9.94. The molecule has 6 nitrogen and oxygen atoms in total. The van der Waals surface area contributed by atoms with E-state index in [1.807, 2.05) is 12.1 Å². The molecule has 7 heteroatoms. The molecule has 0 bridgehead atoms. The van der Waals surface area contributed by atoms with Gasteiger partial charge in [-0.25, -0.2) is 9.97 Å². The Balaban J connectivity index is 1.46. The first-order valence-corrected chi connectivity index (χ1v) is 11.4. The summed E-state index contributed by atoms with van der Waals surface area (Å²) in [4.78, 5) is 13.8. The van der Waals surface area contributed by atoms with Crippen molar-refractivity contribution in [2.75, 3.05) is 37.6 Å². The van der Waals surface area contributed by atoms with Crippen LogP contribution in [0.4, 0.5) is 5.82 Å². The van der Waals surface area contributed by atoms with Gasteiger partial charge < -0.3 is 19.9 Å². The fraction of sp³-hybridized carbons (Fsp3) is 0.500. The third-order valence-electron chi connectivity index (χ3n) is 6.21. The second kappa shape index (κ2) is 9.55. The van der Waals surface area contributed by atoms with E-state index in [-0.39, 0.29) is 12.0 Å². The van der Waals surface area contributed by atoms with E-state index < -0.39 is 0 Å². The lowest BCUT2D eigenvalue weighted by molar-refractivity contribution is 0.0787. The first-order chi connectivity index (χ1) is 14.9. The summed E-state index contributed by atoms with van der Waals surface area (Å²) in [5.74, 6) is 1.24. The first kappa shape index (κ1) is 22.1. The van der Waals surface area contributed by atoms with Gasteiger partial charge in [-0.2, -0.15) is 0 Å². The van der Waals surface area contributed by atoms with E-state index in [2.05, 4.69) is 64.6 Å². The average molecular weight is 442 g/mol. The summed E-state index contributed by atoms with van der Waals surface area (Å²) in [6.45, 7) is 16.0. The lowest BCUT2D eigenvalue weighted by Gasteiger charge is -2.40. The fourth-order valence-corrected chi connectivity index (χ4v) is 4.52. The maximum atomic E-state index is 6.12. The highest BCUT2D eigenvalue weighted by molar-refractivity contribution is 6.30. The zero-order valence-electron chi connectivity index (χ0n) is 18.6. The van der Waals surface area contributed by atoms with Crippen LogP contribution in [0, 0.1) is 0 Å². The van der Waals surface area contributed by atoms with E-state index in [0.29, 0.717) is 12.6 Å². The monoisotopic (exact) mass is 441 g/mol. The van der Waals surface area contributed by atoms with Crippen molar-refractivity contribution in [1.82, 2.24) is 20.2 Å². The molecule has 2 atom stereocenters. The minimum Gasteiger partial charge on any atom is -0.371 e. The molecule has 1 aromatic heterocycles. The number of hydrogen-bond donors (Lipinski definition) is 1. The quantitative estimate of drug-likeness (QED) is 0.696. The van der Waals surface area contributed by atoms with Crippen molar-refractivity contribution in [3.05, 3.63) is 64.7 Å². The van der Waals surface area contributed by atoms with E-state index in [1.54, 1.807) is 6.33 Å². The molecule has 0 spiro atoms. The Morgan fingerprint density at radius 2 is 1.90 bits per heavy atom. The van der Waals surface area contributed by atoms with E-state index in [9.17, 15) is 0 Å². The molecule has 1 fully saturated rings. The molecule has 2 aromatic rings. The first-order valence-electron chi connectivity index (χ1n) is 11.1. The van der Waals surface area contributed by atoms with Gasteiger partial charge in [0.05, 0.1) is 18.4 Å². The van der Waals surface area contributed by atoms with Gasteiger partial charge in [0.1, 0.15) is 12.1 Å². The number of hydrogen-bond acceptors (Lipinski definition) is 6. The average Bonchev–Trinajstić information content (AvgIpc) is 3.16. The molecule has 0 radical (unpaired) electrons. The van der Waals surface area contributed by atoms with Crippen LogP contribution in [0.1, 0.15) is 49.6 Å². The third-order valence-corrected chi connectivity index (χ3v) is 6.46. The van der Waals surface area contributed by atoms with Gasteiger partial charge in [0.25, 0.3) is 0 Å². The number of benzene rings is 1. The van der Waals surface area contributed by atoms with Crippen LogP contribution in [0.15, 0.2) is 42.9 Å². The highest BCUT2D eigenvalue weighted by atomic mass is 35.5. The number of rotatable bonds is 7. The van der Waals surface area contributed by atoms with Crippen LogP contribution < -0.4 is 10.2 Å². The number of anilines is 1.